The maximum absolute atomic E-state index is 12.5. The third-order valence-electron chi connectivity index (χ3n) is 6.46. The zero-order valence-electron chi connectivity index (χ0n) is 21.1. The van der Waals surface area contributed by atoms with Gasteiger partial charge >= 0.3 is 5.97 Å². The SMILES string of the molecule is O=C(O)c1ccc2c(C(=Nc3ccc(C(=O)NOCCN4CCOCC4)cc3)c3ccccc3)c(O)[nH]c2c1. The van der Waals surface area contributed by atoms with Crippen molar-refractivity contribution in [2.75, 3.05) is 39.5 Å². The molecule has 39 heavy (non-hydrogen) atoms. The number of ether oxygens (including phenoxy) is 1. The summed E-state index contributed by atoms with van der Waals surface area (Å²) in [5, 5.41) is 20.8. The summed E-state index contributed by atoms with van der Waals surface area (Å²) in [6.07, 6.45) is 0. The first kappa shape index (κ1) is 26.1. The summed E-state index contributed by atoms with van der Waals surface area (Å²) in [5.41, 5.74) is 5.73. The highest BCUT2D eigenvalue weighted by Crippen LogP contribution is 2.32. The first-order chi connectivity index (χ1) is 19.0. The molecule has 5 rings (SSSR count). The van der Waals surface area contributed by atoms with E-state index in [2.05, 4.69) is 15.4 Å². The normalized spacial score (nSPS) is 14.4. The molecule has 4 aromatic rings. The molecule has 10 heteroatoms. The van der Waals surface area contributed by atoms with Crippen LogP contribution in [0.1, 0.15) is 31.8 Å². The number of benzene rings is 3. The summed E-state index contributed by atoms with van der Waals surface area (Å²) in [4.78, 5) is 39.2. The lowest BCUT2D eigenvalue weighted by atomic mass is 10.00. The molecule has 0 aliphatic carbocycles. The first-order valence-corrected chi connectivity index (χ1v) is 12.5. The first-order valence-electron chi connectivity index (χ1n) is 12.5. The Balaban J connectivity index is 1.36. The van der Waals surface area contributed by atoms with Crippen LogP contribution in [-0.4, -0.2) is 77.1 Å². The number of amides is 1. The number of carbonyl (C=O) groups is 2. The smallest absolute Gasteiger partial charge is 0.335 e. The highest BCUT2D eigenvalue weighted by molar-refractivity contribution is 6.22. The number of carboxylic acids is 1. The molecule has 1 amide bonds. The Bertz CT molecular complexity index is 1490. The fraction of sp³-hybridized carbons (Fsp3) is 0.207. The Labute approximate surface area is 224 Å². The highest BCUT2D eigenvalue weighted by Gasteiger charge is 2.20. The van der Waals surface area contributed by atoms with Crippen LogP contribution in [0.2, 0.25) is 0 Å². The number of aromatic hydroxyl groups is 1. The van der Waals surface area contributed by atoms with E-state index < -0.39 is 5.97 Å². The number of aromatic nitrogens is 1. The van der Waals surface area contributed by atoms with E-state index in [0.717, 1.165) is 18.7 Å². The van der Waals surface area contributed by atoms with Gasteiger partial charge in [0.25, 0.3) is 5.91 Å². The van der Waals surface area contributed by atoms with Crippen LogP contribution in [0, 0.1) is 0 Å². The third kappa shape index (κ3) is 6.15. The topological polar surface area (TPSA) is 136 Å². The van der Waals surface area contributed by atoms with Gasteiger partial charge < -0.3 is 19.9 Å². The van der Waals surface area contributed by atoms with Gasteiger partial charge in [-0.1, -0.05) is 36.4 Å². The summed E-state index contributed by atoms with van der Waals surface area (Å²) >= 11 is 0. The van der Waals surface area contributed by atoms with Crippen LogP contribution < -0.4 is 5.48 Å². The molecular formula is C29H28N4O6. The number of carbonyl (C=O) groups excluding carboxylic acids is 1. The molecule has 1 aromatic heterocycles. The lowest BCUT2D eigenvalue weighted by molar-refractivity contribution is -0.00176. The minimum absolute atomic E-state index is 0.104. The quantitative estimate of drug-likeness (QED) is 0.148. The number of nitrogens with zero attached hydrogens (tertiary/aromatic N) is 2. The summed E-state index contributed by atoms with van der Waals surface area (Å²) in [6, 6.07) is 20.7. The summed E-state index contributed by atoms with van der Waals surface area (Å²) in [6.45, 7) is 4.19. The van der Waals surface area contributed by atoms with E-state index in [9.17, 15) is 19.8 Å². The molecule has 0 bridgehead atoms. The Morgan fingerprint density at radius 3 is 2.41 bits per heavy atom. The largest absolute Gasteiger partial charge is 0.494 e. The standard InChI is InChI=1S/C29H28N4O6/c34-27(32-39-17-14-33-12-15-38-16-13-33)20-6-9-22(10-7-20)30-26(19-4-2-1-3-5-19)25-23-11-8-21(29(36)37)18-24(23)31-28(25)35/h1-11,18,31,35H,12-17H2,(H,32,34)(H,36,37). The molecule has 0 unspecified atom stereocenters. The molecule has 0 radical (unpaired) electrons. The number of nitrogens with one attached hydrogen (secondary N) is 2. The lowest BCUT2D eigenvalue weighted by Crippen LogP contribution is -2.39. The van der Waals surface area contributed by atoms with Crippen molar-refractivity contribution in [1.29, 1.82) is 0 Å². The number of aromatic amines is 1. The third-order valence-corrected chi connectivity index (χ3v) is 6.46. The van der Waals surface area contributed by atoms with E-state index in [4.69, 9.17) is 14.6 Å². The van der Waals surface area contributed by atoms with Crippen LogP contribution in [0.4, 0.5) is 5.69 Å². The van der Waals surface area contributed by atoms with Crippen molar-refractivity contribution >= 4 is 34.2 Å². The number of morpholine rings is 1. The summed E-state index contributed by atoms with van der Waals surface area (Å²) < 4.78 is 5.32. The molecule has 0 atom stereocenters. The summed E-state index contributed by atoms with van der Waals surface area (Å²) in [5.74, 6) is -1.55. The minimum atomic E-state index is -1.06. The van der Waals surface area contributed by atoms with Crippen molar-refractivity contribution in [3.8, 4) is 5.88 Å². The molecule has 2 heterocycles. The van der Waals surface area contributed by atoms with E-state index in [1.807, 2.05) is 30.3 Å². The number of H-pyrrole nitrogens is 1. The van der Waals surface area contributed by atoms with Crippen molar-refractivity contribution in [3.05, 3.63) is 95.1 Å². The number of hydroxylamine groups is 1. The van der Waals surface area contributed by atoms with Crippen LogP contribution in [-0.2, 0) is 9.57 Å². The molecule has 10 nitrogen and oxygen atoms in total. The maximum Gasteiger partial charge on any atom is 0.335 e. The predicted octanol–water partition coefficient (Wildman–Crippen LogP) is 3.73. The van der Waals surface area contributed by atoms with Crippen LogP contribution >= 0.6 is 0 Å². The zero-order valence-corrected chi connectivity index (χ0v) is 21.1. The van der Waals surface area contributed by atoms with Gasteiger partial charge in [0.1, 0.15) is 0 Å². The van der Waals surface area contributed by atoms with E-state index in [1.165, 1.54) is 12.1 Å². The van der Waals surface area contributed by atoms with Crippen LogP contribution in [0.15, 0.2) is 77.8 Å². The van der Waals surface area contributed by atoms with Gasteiger partial charge in [-0.3, -0.25) is 14.5 Å². The second-order valence-electron chi connectivity index (χ2n) is 9.02. The predicted molar refractivity (Wildman–Crippen MR) is 146 cm³/mol. The van der Waals surface area contributed by atoms with E-state index in [0.29, 0.717) is 59.8 Å². The van der Waals surface area contributed by atoms with Crippen LogP contribution in [0.5, 0.6) is 5.88 Å². The number of hydrogen-bond acceptors (Lipinski definition) is 7. The molecule has 4 N–H and O–H groups in total. The van der Waals surface area contributed by atoms with Gasteiger partial charge in [-0.15, -0.1) is 0 Å². The van der Waals surface area contributed by atoms with Gasteiger partial charge in [0.2, 0.25) is 0 Å². The number of rotatable bonds is 9. The second-order valence-corrected chi connectivity index (χ2v) is 9.02. The molecule has 3 aromatic carbocycles. The molecular weight excluding hydrogens is 500 g/mol. The number of aromatic carboxylic acids is 1. The van der Waals surface area contributed by atoms with Gasteiger partial charge in [-0.2, -0.15) is 0 Å². The van der Waals surface area contributed by atoms with Gasteiger partial charge in [0, 0.05) is 41.7 Å². The zero-order chi connectivity index (χ0) is 27.2. The van der Waals surface area contributed by atoms with Crippen LogP contribution in [0.3, 0.4) is 0 Å². The Kier molecular flexibility index (Phi) is 7.97. The Morgan fingerprint density at radius 1 is 0.974 bits per heavy atom. The fourth-order valence-corrected chi connectivity index (χ4v) is 4.41. The van der Waals surface area contributed by atoms with E-state index >= 15 is 0 Å². The maximum atomic E-state index is 12.5. The monoisotopic (exact) mass is 528 g/mol. The number of carboxylic acid groups (broad SMARTS) is 1. The van der Waals surface area contributed by atoms with Crippen molar-refractivity contribution in [3.63, 3.8) is 0 Å². The van der Waals surface area contributed by atoms with Gasteiger partial charge in [0.05, 0.1) is 42.3 Å². The molecule has 0 saturated carbocycles. The van der Waals surface area contributed by atoms with E-state index in [1.54, 1.807) is 30.3 Å². The van der Waals surface area contributed by atoms with Gasteiger partial charge in [-0.05, 0) is 36.4 Å². The lowest BCUT2D eigenvalue weighted by Gasteiger charge is -2.26. The molecule has 0 spiro atoms. The Hall–Kier alpha value is -4.51. The number of aliphatic imine (C=N–C) groups is 1. The van der Waals surface area contributed by atoms with Crippen molar-refractivity contribution in [2.24, 2.45) is 4.99 Å². The molecule has 1 aliphatic heterocycles. The number of hydrogen-bond donors (Lipinski definition) is 4. The van der Waals surface area contributed by atoms with Crippen molar-refractivity contribution in [2.45, 2.75) is 0 Å². The van der Waals surface area contributed by atoms with Gasteiger partial charge in [-0.25, -0.2) is 15.3 Å². The van der Waals surface area contributed by atoms with Crippen molar-refractivity contribution in [1.82, 2.24) is 15.4 Å². The highest BCUT2D eigenvalue weighted by atomic mass is 16.7. The molecule has 1 aliphatic rings. The fourth-order valence-electron chi connectivity index (χ4n) is 4.41. The molecule has 200 valence electrons. The van der Waals surface area contributed by atoms with Gasteiger partial charge in [0.15, 0.2) is 5.88 Å². The van der Waals surface area contributed by atoms with Crippen molar-refractivity contribution < 1.29 is 29.4 Å². The number of fused-ring (bicyclic) bond motifs is 1. The average molecular weight is 529 g/mol. The van der Waals surface area contributed by atoms with Crippen LogP contribution in [0.25, 0.3) is 10.9 Å². The Morgan fingerprint density at radius 2 is 1.69 bits per heavy atom. The average Bonchev–Trinajstić information content (AvgIpc) is 3.30. The van der Waals surface area contributed by atoms with E-state index in [-0.39, 0.29) is 17.4 Å². The summed E-state index contributed by atoms with van der Waals surface area (Å²) in [7, 11) is 0. The minimum Gasteiger partial charge on any atom is -0.494 e. The second kappa shape index (κ2) is 11.9. The molecule has 1 fully saturated rings. The molecule has 1 saturated heterocycles.